The van der Waals surface area contributed by atoms with Crippen LogP contribution in [-0.2, 0) is 4.79 Å². The number of rotatable bonds is 6. The van der Waals surface area contributed by atoms with Crippen molar-refractivity contribution in [3.8, 4) is 0 Å². The number of hydrogen-bond acceptors (Lipinski definition) is 4. The highest BCUT2D eigenvalue weighted by Gasteiger charge is 2.31. The van der Waals surface area contributed by atoms with Crippen LogP contribution < -0.4 is 11.1 Å². The quantitative estimate of drug-likeness (QED) is 0.763. The van der Waals surface area contributed by atoms with E-state index in [1.165, 1.54) is 0 Å². The number of amides is 1. The Balaban J connectivity index is 2.68. The Labute approximate surface area is 106 Å². The van der Waals surface area contributed by atoms with Crippen molar-refractivity contribution < 1.29 is 9.21 Å². The molecule has 0 bridgehead atoms. The number of carbonyl (C=O) groups excluding carboxylic acids is 1. The SMILES string of the molecule is Cc1occc1SCC(C)(NC(C)C)C(N)=O. The maximum absolute atomic E-state index is 11.5. The molecule has 1 atom stereocenters. The Morgan fingerprint density at radius 1 is 1.65 bits per heavy atom. The third kappa shape index (κ3) is 3.78. The fraction of sp³-hybridized carbons (Fsp3) is 0.583. The number of nitrogens with one attached hydrogen (secondary N) is 1. The second-order valence-electron chi connectivity index (χ2n) is 4.63. The van der Waals surface area contributed by atoms with Crippen molar-refractivity contribution in [1.82, 2.24) is 5.32 Å². The fourth-order valence-electron chi connectivity index (χ4n) is 1.57. The predicted octanol–water partition coefficient (Wildman–Crippen LogP) is 1.92. The molecule has 0 radical (unpaired) electrons. The molecule has 1 unspecified atom stereocenters. The third-order valence-corrected chi connectivity index (χ3v) is 3.93. The number of thioether (sulfide) groups is 1. The molecule has 0 aliphatic heterocycles. The van der Waals surface area contributed by atoms with E-state index in [1.54, 1.807) is 18.0 Å². The van der Waals surface area contributed by atoms with Crippen LogP contribution in [0.5, 0.6) is 0 Å². The smallest absolute Gasteiger partial charge is 0.238 e. The lowest BCUT2D eigenvalue weighted by atomic mass is 10.0. The van der Waals surface area contributed by atoms with Gasteiger partial charge in [-0.15, -0.1) is 11.8 Å². The maximum Gasteiger partial charge on any atom is 0.238 e. The van der Waals surface area contributed by atoms with Gasteiger partial charge in [0.05, 0.1) is 6.26 Å². The lowest BCUT2D eigenvalue weighted by molar-refractivity contribution is -0.123. The highest BCUT2D eigenvalue weighted by atomic mass is 32.2. The monoisotopic (exact) mass is 256 g/mol. The van der Waals surface area contributed by atoms with Crippen LogP contribution in [0.1, 0.15) is 26.5 Å². The van der Waals surface area contributed by atoms with Gasteiger partial charge in [0, 0.05) is 16.7 Å². The van der Waals surface area contributed by atoms with E-state index in [4.69, 9.17) is 10.2 Å². The van der Waals surface area contributed by atoms with E-state index >= 15 is 0 Å². The van der Waals surface area contributed by atoms with Gasteiger partial charge in [-0.25, -0.2) is 0 Å². The zero-order chi connectivity index (χ0) is 13.1. The van der Waals surface area contributed by atoms with Crippen molar-refractivity contribution in [3.63, 3.8) is 0 Å². The van der Waals surface area contributed by atoms with Crippen molar-refractivity contribution in [2.75, 3.05) is 5.75 Å². The minimum Gasteiger partial charge on any atom is -0.468 e. The highest BCUT2D eigenvalue weighted by molar-refractivity contribution is 7.99. The number of aryl methyl sites for hydroxylation is 1. The molecule has 1 heterocycles. The van der Waals surface area contributed by atoms with Crippen LogP contribution in [0.4, 0.5) is 0 Å². The third-order valence-electron chi connectivity index (χ3n) is 2.48. The van der Waals surface area contributed by atoms with Gasteiger partial charge in [0.25, 0.3) is 0 Å². The molecule has 0 fully saturated rings. The fourth-order valence-corrected chi connectivity index (χ4v) is 2.64. The Kier molecular flexibility index (Phi) is 4.65. The summed E-state index contributed by atoms with van der Waals surface area (Å²) in [4.78, 5) is 12.6. The van der Waals surface area contributed by atoms with Crippen molar-refractivity contribution >= 4 is 17.7 Å². The van der Waals surface area contributed by atoms with Crippen LogP contribution in [0, 0.1) is 6.92 Å². The molecule has 0 saturated heterocycles. The molecule has 0 aliphatic carbocycles. The molecule has 4 nitrogen and oxygen atoms in total. The summed E-state index contributed by atoms with van der Waals surface area (Å²) in [6.45, 7) is 7.72. The topological polar surface area (TPSA) is 68.3 Å². The molecule has 1 rings (SSSR count). The summed E-state index contributed by atoms with van der Waals surface area (Å²) in [6.07, 6.45) is 1.65. The Bertz CT molecular complexity index is 390. The van der Waals surface area contributed by atoms with Gasteiger partial charge in [-0.05, 0) is 33.8 Å². The van der Waals surface area contributed by atoms with Gasteiger partial charge in [-0.1, -0.05) is 0 Å². The first-order chi connectivity index (χ1) is 7.85. The van der Waals surface area contributed by atoms with Crippen LogP contribution in [0.3, 0.4) is 0 Å². The number of nitrogens with two attached hydrogens (primary N) is 1. The molecule has 0 saturated carbocycles. The average molecular weight is 256 g/mol. The lowest BCUT2D eigenvalue weighted by Crippen LogP contribution is -2.57. The van der Waals surface area contributed by atoms with E-state index in [0.717, 1.165) is 10.7 Å². The lowest BCUT2D eigenvalue weighted by Gasteiger charge is -2.29. The minimum atomic E-state index is -0.706. The first-order valence-corrected chi connectivity index (χ1v) is 6.58. The maximum atomic E-state index is 11.5. The summed E-state index contributed by atoms with van der Waals surface area (Å²) in [5, 5.41) is 3.21. The van der Waals surface area contributed by atoms with Crippen molar-refractivity contribution in [2.45, 2.75) is 44.2 Å². The summed E-state index contributed by atoms with van der Waals surface area (Å²) >= 11 is 1.57. The zero-order valence-corrected chi connectivity index (χ0v) is 11.6. The molecule has 1 amide bonds. The molecule has 96 valence electrons. The minimum absolute atomic E-state index is 0.207. The molecular formula is C12H20N2O2S. The zero-order valence-electron chi connectivity index (χ0n) is 10.7. The van der Waals surface area contributed by atoms with E-state index in [1.807, 2.05) is 33.8 Å². The van der Waals surface area contributed by atoms with Gasteiger partial charge in [-0.3, -0.25) is 4.79 Å². The van der Waals surface area contributed by atoms with Crippen molar-refractivity contribution in [3.05, 3.63) is 18.1 Å². The van der Waals surface area contributed by atoms with Crippen molar-refractivity contribution in [2.24, 2.45) is 5.73 Å². The Morgan fingerprint density at radius 2 is 2.29 bits per heavy atom. The summed E-state index contributed by atoms with van der Waals surface area (Å²) in [5.74, 6) is 1.12. The van der Waals surface area contributed by atoms with Gasteiger partial charge in [-0.2, -0.15) is 0 Å². The molecule has 17 heavy (non-hydrogen) atoms. The van der Waals surface area contributed by atoms with Gasteiger partial charge in [0.1, 0.15) is 11.3 Å². The molecule has 0 aromatic carbocycles. The number of carbonyl (C=O) groups is 1. The van der Waals surface area contributed by atoms with Gasteiger partial charge in [0.15, 0.2) is 0 Å². The van der Waals surface area contributed by atoms with Crippen LogP contribution in [-0.4, -0.2) is 23.2 Å². The molecule has 5 heteroatoms. The van der Waals surface area contributed by atoms with Gasteiger partial charge >= 0.3 is 0 Å². The second-order valence-corrected chi connectivity index (χ2v) is 5.64. The Hall–Kier alpha value is -0.940. The Morgan fingerprint density at radius 3 is 2.71 bits per heavy atom. The normalized spacial score (nSPS) is 14.9. The highest BCUT2D eigenvalue weighted by Crippen LogP contribution is 2.26. The van der Waals surface area contributed by atoms with E-state index in [2.05, 4.69) is 5.32 Å². The molecule has 3 N–H and O–H groups in total. The van der Waals surface area contributed by atoms with E-state index in [0.29, 0.717) is 5.75 Å². The first-order valence-electron chi connectivity index (χ1n) is 5.59. The molecule has 0 aliphatic rings. The van der Waals surface area contributed by atoms with E-state index < -0.39 is 5.54 Å². The van der Waals surface area contributed by atoms with Crippen molar-refractivity contribution in [1.29, 1.82) is 0 Å². The van der Waals surface area contributed by atoms with Crippen LogP contribution in [0.2, 0.25) is 0 Å². The largest absolute Gasteiger partial charge is 0.468 e. The summed E-state index contributed by atoms with van der Waals surface area (Å²) in [5.41, 5.74) is 4.75. The molecule has 1 aromatic heterocycles. The second kappa shape index (κ2) is 5.60. The summed E-state index contributed by atoms with van der Waals surface area (Å²) in [6, 6.07) is 2.11. The number of primary amides is 1. The molecular weight excluding hydrogens is 236 g/mol. The standard InChI is InChI=1S/C12H20N2O2S/c1-8(2)14-12(4,11(13)15)7-17-10-5-6-16-9(10)3/h5-6,8,14H,7H2,1-4H3,(H2,13,15). The molecule has 1 aromatic rings. The van der Waals surface area contributed by atoms with E-state index in [-0.39, 0.29) is 11.9 Å². The van der Waals surface area contributed by atoms with E-state index in [9.17, 15) is 4.79 Å². The van der Waals surface area contributed by atoms with Crippen LogP contribution in [0.25, 0.3) is 0 Å². The first kappa shape index (κ1) is 14.1. The number of hydrogen-bond donors (Lipinski definition) is 2. The molecule has 0 spiro atoms. The number of furan rings is 1. The van der Waals surface area contributed by atoms with Crippen LogP contribution >= 0.6 is 11.8 Å². The van der Waals surface area contributed by atoms with Gasteiger partial charge < -0.3 is 15.5 Å². The van der Waals surface area contributed by atoms with Gasteiger partial charge in [0.2, 0.25) is 5.91 Å². The summed E-state index contributed by atoms with van der Waals surface area (Å²) < 4.78 is 5.21. The van der Waals surface area contributed by atoms with Crippen LogP contribution in [0.15, 0.2) is 21.6 Å². The average Bonchev–Trinajstić information content (AvgIpc) is 2.60. The predicted molar refractivity (Wildman–Crippen MR) is 70.0 cm³/mol. The summed E-state index contributed by atoms with van der Waals surface area (Å²) in [7, 11) is 0.